The molecule has 1 amide bonds. The first-order valence-electron chi connectivity index (χ1n) is 9.38. The zero-order valence-electron chi connectivity index (χ0n) is 15.5. The van der Waals surface area contributed by atoms with Crippen LogP contribution in [0.1, 0.15) is 34.6 Å². The summed E-state index contributed by atoms with van der Waals surface area (Å²) in [5, 5.41) is 4.44. The molecular formula is C19H24N4O3S. The summed E-state index contributed by atoms with van der Waals surface area (Å²) in [6, 6.07) is 8.76. The van der Waals surface area contributed by atoms with Crippen molar-refractivity contribution < 1.29 is 13.2 Å². The Morgan fingerprint density at radius 1 is 1.00 bits per heavy atom. The van der Waals surface area contributed by atoms with E-state index in [4.69, 9.17) is 0 Å². The van der Waals surface area contributed by atoms with E-state index in [9.17, 15) is 13.2 Å². The zero-order valence-corrected chi connectivity index (χ0v) is 16.3. The van der Waals surface area contributed by atoms with Gasteiger partial charge in [-0.05, 0) is 44.4 Å². The van der Waals surface area contributed by atoms with Crippen LogP contribution in [0.15, 0.2) is 35.2 Å². The summed E-state index contributed by atoms with van der Waals surface area (Å²) in [5.41, 5.74) is 2.61. The number of rotatable bonds is 3. The Hall–Kier alpha value is -2.19. The Morgan fingerprint density at radius 2 is 1.70 bits per heavy atom. The van der Waals surface area contributed by atoms with Crippen LogP contribution in [0.5, 0.6) is 0 Å². The maximum Gasteiger partial charge on any atom is 0.274 e. The lowest BCUT2D eigenvalue weighted by atomic mass is 10.1. The molecule has 0 unspecified atom stereocenters. The van der Waals surface area contributed by atoms with Crippen molar-refractivity contribution in [3.63, 3.8) is 0 Å². The van der Waals surface area contributed by atoms with Crippen LogP contribution in [-0.2, 0) is 23.0 Å². The van der Waals surface area contributed by atoms with Crippen molar-refractivity contribution in [2.75, 3.05) is 26.2 Å². The molecule has 2 aliphatic heterocycles. The summed E-state index contributed by atoms with van der Waals surface area (Å²) in [5.74, 6) is -0.107. The van der Waals surface area contributed by atoms with Crippen molar-refractivity contribution in [2.45, 2.75) is 37.6 Å². The molecule has 0 aliphatic carbocycles. The van der Waals surface area contributed by atoms with Crippen molar-refractivity contribution in [1.29, 1.82) is 0 Å². The van der Waals surface area contributed by atoms with Crippen LogP contribution in [0.4, 0.5) is 0 Å². The van der Waals surface area contributed by atoms with E-state index < -0.39 is 10.0 Å². The summed E-state index contributed by atoms with van der Waals surface area (Å²) >= 11 is 0. The highest BCUT2D eigenvalue weighted by atomic mass is 32.2. The molecule has 0 bridgehead atoms. The van der Waals surface area contributed by atoms with Crippen LogP contribution >= 0.6 is 0 Å². The van der Waals surface area contributed by atoms with Gasteiger partial charge in [0.2, 0.25) is 10.0 Å². The number of carbonyl (C=O) groups is 1. The Morgan fingerprint density at radius 3 is 2.37 bits per heavy atom. The monoisotopic (exact) mass is 388 g/mol. The van der Waals surface area contributed by atoms with E-state index >= 15 is 0 Å². The number of hydrogen-bond acceptors (Lipinski definition) is 4. The second kappa shape index (κ2) is 7.09. The first-order chi connectivity index (χ1) is 12.9. The van der Waals surface area contributed by atoms with Crippen LogP contribution in [0.25, 0.3) is 0 Å². The van der Waals surface area contributed by atoms with Gasteiger partial charge >= 0.3 is 0 Å². The maximum atomic E-state index is 12.8. The van der Waals surface area contributed by atoms with E-state index in [1.54, 1.807) is 29.2 Å². The zero-order chi connectivity index (χ0) is 19.0. The second-order valence-electron chi connectivity index (χ2n) is 7.21. The Balaban J connectivity index is 1.43. The number of carbonyl (C=O) groups excluding carboxylic acids is 1. The molecule has 2 aromatic rings. The van der Waals surface area contributed by atoms with Crippen molar-refractivity contribution >= 4 is 15.9 Å². The minimum atomic E-state index is -3.52. The minimum absolute atomic E-state index is 0.107. The molecule has 0 saturated carbocycles. The van der Waals surface area contributed by atoms with Crippen LogP contribution in [-0.4, -0.2) is 59.5 Å². The van der Waals surface area contributed by atoms with Crippen molar-refractivity contribution in [1.82, 2.24) is 19.0 Å². The Labute approximate surface area is 159 Å². The lowest BCUT2D eigenvalue weighted by molar-refractivity contribution is 0.0691. The van der Waals surface area contributed by atoms with Gasteiger partial charge in [0, 0.05) is 38.4 Å². The molecule has 8 heteroatoms. The van der Waals surface area contributed by atoms with Gasteiger partial charge < -0.3 is 4.90 Å². The quantitative estimate of drug-likeness (QED) is 0.802. The first kappa shape index (κ1) is 18.2. The topological polar surface area (TPSA) is 75.5 Å². The number of nitrogens with zero attached hydrogens (tertiary/aromatic N) is 4. The van der Waals surface area contributed by atoms with E-state index in [1.165, 1.54) is 4.31 Å². The number of amides is 1. The number of fused-ring (bicyclic) bond motifs is 1. The van der Waals surface area contributed by atoms with Gasteiger partial charge in [-0.25, -0.2) is 8.42 Å². The number of aryl methyl sites for hydroxylation is 3. The van der Waals surface area contributed by atoms with Crippen molar-refractivity contribution in [3.8, 4) is 0 Å². The average molecular weight is 388 g/mol. The molecule has 27 heavy (non-hydrogen) atoms. The number of piperazine rings is 1. The molecule has 0 radical (unpaired) electrons. The third-order valence-corrected chi connectivity index (χ3v) is 7.23. The summed E-state index contributed by atoms with van der Waals surface area (Å²) < 4.78 is 29.0. The molecule has 7 nitrogen and oxygen atoms in total. The number of hydrogen-bond donors (Lipinski definition) is 0. The highest BCUT2D eigenvalue weighted by Gasteiger charge is 2.31. The predicted molar refractivity (Wildman–Crippen MR) is 101 cm³/mol. The van der Waals surface area contributed by atoms with E-state index in [2.05, 4.69) is 5.10 Å². The predicted octanol–water partition coefficient (Wildman–Crippen LogP) is 1.67. The van der Waals surface area contributed by atoms with Gasteiger partial charge in [0.25, 0.3) is 5.91 Å². The smallest absolute Gasteiger partial charge is 0.274 e. The van der Waals surface area contributed by atoms with E-state index in [0.29, 0.717) is 36.8 Å². The molecule has 0 spiro atoms. The van der Waals surface area contributed by atoms with Crippen LogP contribution in [0.3, 0.4) is 0 Å². The molecule has 1 aromatic heterocycles. The lowest BCUT2D eigenvalue weighted by Crippen LogP contribution is -2.50. The normalized spacial score (nSPS) is 18.3. The SMILES string of the molecule is Cc1ccc(S(=O)(=O)N2CCN(C(=O)c3cc4n(n3)CCCC4)CC2)cc1. The molecule has 1 saturated heterocycles. The van der Waals surface area contributed by atoms with Gasteiger partial charge in [-0.15, -0.1) is 0 Å². The van der Waals surface area contributed by atoms with E-state index in [-0.39, 0.29) is 5.91 Å². The molecule has 0 atom stereocenters. The van der Waals surface area contributed by atoms with Gasteiger partial charge in [-0.3, -0.25) is 9.48 Å². The fraction of sp³-hybridized carbons (Fsp3) is 0.474. The lowest BCUT2D eigenvalue weighted by Gasteiger charge is -2.33. The van der Waals surface area contributed by atoms with Gasteiger partial charge in [-0.1, -0.05) is 17.7 Å². The summed E-state index contributed by atoms with van der Waals surface area (Å²) in [7, 11) is -3.52. The fourth-order valence-corrected chi connectivity index (χ4v) is 5.10. The minimum Gasteiger partial charge on any atom is -0.335 e. The highest BCUT2D eigenvalue weighted by molar-refractivity contribution is 7.89. The summed E-state index contributed by atoms with van der Waals surface area (Å²) in [4.78, 5) is 14.8. The van der Waals surface area contributed by atoms with Crippen molar-refractivity contribution in [2.24, 2.45) is 0 Å². The van der Waals surface area contributed by atoms with Crippen LogP contribution in [0, 0.1) is 6.92 Å². The van der Waals surface area contributed by atoms with Gasteiger partial charge in [0.05, 0.1) is 4.90 Å². The van der Waals surface area contributed by atoms with Crippen LogP contribution < -0.4 is 0 Å². The average Bonchev–Trinajstić information content (AvgIpc) is 3.12. The molecule has 3 heterocycles. The Kier molecular flexibility index (Phi) is 4.77. The second-order valence-corrected chi connectivity index (χ2v) is 9.15. The largest absolute Gasteiger partial charge is 0.335 e. The van der Waals surface area contributed by atoms with Gasteiger partial charge in [0.1, 0.15) is 0 Å². The fourth-order valence-electron chi connectivity index (χ4n) is 3.68. The molecule has 4 rings (SSSR count). The number of benzene rings is 1. The van der Waals surface area contributed by atoms with Crippen molar-refractivity contribution in [3.05, 3.63) is 47.3 Å². The Bertz CT molecular complexity index is 918. The molecule has 144 valence electrons. The van der Waals surface area contributed by atoms with E-state index in [0.717, 1.165) is 37.1 Å². The highest BCUT2D eigenvalue weighted by Crippen LogP contribution is 2.20. The third kappa shape index (κ3) is 3.51. The molecule has 1 fully saturated rings. The third-order valence-electron chi connectivity index (χ3n) is 5.32. The number of aromatic nitrogens is 2. The van der Waals surface area contributed by atoms with Gasteiger partial charge in [0.15, 0.2) is 5.69 Å². The van der Waals surface area contributed by atoms with Gasteiger partial charge in [-0.2, -0.15) is 9.40 Å². The summed E-state index contributed by atoms with van der Waals surface area (Å²) in [6.07, 6.45) is 3.19. The van der Waals surface area contributed by atoms with E-state index in [1.807, 2.05) is 17.7 Å². The molecule has 1 aromatic carbocycles. The standard InChI is InChI=1S/C19H24N4O3S/c1-15-5-7-17(8-6-15)27(25,26)22-12-10-21(11-13-22)19(24)18-14-16-4-2-3-9-23(16)20-18/h5-8,14H,2-4,9-13H2,1H3. The summed E-state index contributed by atoms with van der Waals surface area (Å²) in [6.45, 7) is 4.16. The van der Waals surface area contributed by atoms with Crippen LogP contribution in [0.2, 0.25) is 0 Å². The molecule has 0 N–H and O–H groups in total. The first-order valence-corrected chi connectivity index (χ1v) is 10.8. The molecular weight excluding hydrogens is 364 g/mol. The maximum absolute atomic E-state index is 12.8. The number of sulfonamides is 1. The molecule has 2 aliphatic rings.